The molecule has 2 aromatic carbocycles. The number of hydrogen-bond acceptors (Lipinski definition) is 4. The average Bonchev–Trinajstić information content (AvgIpc) is 3.14. The average molecular weight is 307 g/mol. The number of nitrogens with zero attached hydrogens (tertiary/aromatic N) is 2. The van der Waals surface area contributed by atoms with E-state index in [0.717, 1.165) is 39.2 Å². The Kier molecular flexibility index (Phi) is 3.19. The van der Waals surface area contributed by atoms with Gasteiger partial charge < -0.3 is 19.0 Å². The molecule has 0 fully saturated rings. The van der Waals surface area contributed by atoms with Crippen LogP contribution >= 0.6 is 0 Å². The summed E-state index contributed by atoms with van der Waals surface area (Å²) in [5.41, 5.74) is 2.61. The molecule has 0 saturated heterocycles. The Morgan fingerprint density at radius 3 is 2.83 bits per heavy atom. The van der Waals surface area contributed by atoms with Gasteiger partial charge in [0.25, 0.3) is 0 Å². The molecule has 2 aromatic heterocycles. The van der Waals surface area contributed by atoms with Gasteiger partial charge in [-0.1, -0.05) is 18.2 Å². The fourth-order valence-corrected chi connectivity index (χ4v) is 2.80. The molecule has 5 nitrogen and oxygen atoms in total. The summed E-state index contributed by atoms with van der Waals surface area (Å²) in [6, 6.07) is 12.0. The van der Waals surface area contributed by atoms with E-state index in [1.54, 1.807) is 13.3 Å². The molecule has 0 bridgehead atoms. The molecule has 1 N–H and O–H groups in total. The van der Waals surface area contributed by atoms with E-state index < -0.39 is 0 Å². The lowest BCUT2D eigenvalue weighted by atomic mass is 10.1. The molecule has 0 radical (unpaired) electrons. The molecule has 4 rings (SSSR count). The molecule has 0 aliphatic heterocycles. The van der Waals surface area contributed by atoms with Crippen LogP contribution in [0, 0.1) is 0 Å². The summed E-state index contributed by atoms with van der Waals surface area (Å²) in [6.07, 6.45) is 3.72. The number of furan rings is 1. The van der Waals surface area contributed by atoms with E-state index >= 15 is 0 Å². The summed E-state index contributed by atoms with van der Waals surface area (Å²) >= 11 is 0. The van der Waals surface area contributed by atoms with E-state index in [9.17, 15) is 0 Å². The van der Waals surface area contributed by atoms with Crippen molar-refractivity contribution >= 4 is 27.6 Å². The van der Waals surface area contributed by atoms with Crippen molar-refractivity contribution in [3.8, 4) is 5.75 Å². The van der Waals surface area contributed by atoms with Crippen molar-refractivity contribution in [1.82, 2.24) is 9.55 Å². The lowest BCUT2D eigenvalue weighted by molar-refractivity contribution is 0.417. The van der Waals surface area contributed by atoms with Crippen molar-refractivity contribution in [3.05, 3.63) is 54.6 Å². The number of aromatic nitrogens is 2. The van der Waals surface area contributed by atoms with Crippen molar-refractivity contribution in [3.63, 3.8) is 0 Å². The number of benzene rings is 2. The number of nitrogens with one attached hydrogen (secondary N) is 1. The maximum absolute atomic E-state index is 5.94. The van der Waals surface area contributed by atoms with Gasteiger partial charge in [-0.15, -0.1) is 0 Å². The van der Waals surface area contributed by atoms with Gasteiger partial charge in [0.15, 0.2) is 0 Å². The molecular formula is C18H17N3O2. The lowest BCUT2D eigenvalue weighted by Gasteiger charge is -2.11. The second-order valence-corrected chi connectivity index (χ2v) is 5.45. The van der Waals surface area contributed by atoms with Gasteiger partial charge in [0.2, 0.25) is 0 Å². The SMILES string of the molecule is COc1cc2c(cc1NCc1nccn1C)oc1ccccc12. The minimum absolute atomic E-state index is 0.617. The Bertz CT molecular complexity index is 984. The monoisotopic (exact) mass is 307 g/mol. The van der Waals surface area contributed by atoms with Gasteiger partial charge in [0, 0.05) is 36.3 Å². The van der Waals surface area contributed by atoms with Crippen LogP contribution in [-0.4, -0.2) is 16.7 Å². The fourth-order valence-electron chi connectivity index (χ4n) is 2.80. The van der Waals surface area contributed by atoms with Crippen LogP contribution in [0.5, 0.6) is 5.75 Å². The van der Waals surface area contributed by atoms with Crippen molar-refractivity contribution in [1.29, 1.82) is 0 Å². The van der Waals surface area contributed by atoms with Gasteiger partial charge >= 0.3 is 0 Å². The zero-order chi connectivity index (χ0) is 15.8. The first kappa shape index (κ1) is 13.7. The molecule has 116 valence electrons. The van der Waals surface area contributed by atoms with Crippen molar-refractivity contribution in [2.45, 2.75) is 6.54 Å². The van der Waals surface area contributed by atoms with Gasteiger partial charge in [-0.05, 0) is 12.1 Å². The van der Waals surface area contributed by atoms with Crippen molar-refractivity contribution in [2.75, 3.05) is 12.4 Å². The zero-order valence-electron chi connectivity index (χ0n) is 13.0. The number of fused-ring (bicyclic) bond motifs is 3. The summed E-state index contributed by atoms with van der Waals surface area (Å²) in [6.45, 7) is 0.617. The molecular weight excluding hydrogens is 290 g/mol. The van der Waals surface area contributed by atoms with Gasteiger partial charge in [0.1, 0.15) is 22.7 Å². The van der Waals surface area contributed by atoms with Gasteiger partial charge in [-0.25, -0.2) is 4.98 Å². The standard InChI is InChI=1S/C18H17N3O2/c1-21-8-7-19-18(21)11-20-14-10-16-13(9-17(14)22-2)12-5-3-4-6-15(12)23-16/h3-10,20H,11H2,1-2H3. The molecule has 0 amide bonds. The number of aryl methyl sites for hydroxylation is 1. The minimum atomic E-state index is 0.617. The van der Waals surface area contributed by atoms with Crippen LogP contribution in [0.2, 0.25) is 0 Å². The van der Waals surface area contributed by atoms with Crippen LogP contribution in [-0.2, 0) is 13.6 Å². The van der Waals surface area contributed by atoms with E-state index in [2.05, 4.69) is 16.4 Å². The highest BCUT2D eigenvalue weighted by Crippen LogP contribution is 2.36. The van der Waals surface area contributed by atoms with Crippen molar-refractivity contribution in [2.24, 2.45) is 7.05 Å². The Morgan fingerprint density at radius 2 is 2.04 bits per heavy atom. The lowest BCUT2D eigenvalue weighted by Crippen LogP contribution is -2.06. The molecule has 23 heavy (non-hydrogen) atoms. The molecule has 0 aliphatic rings. The third kappa shape index (κ3) is 2.30. The quantitative estimate of drug-likeness (QED) is 0.620. The predicted molar refractivity (Wildman–Crippen MR) is 90.8 cm³/mol. The van der Waals surface area contributed by atoms with E-state index in [1.807, 2.05) is 48.1 Å². The van der Waals surface area contributed by atoms with E-state index in [-0.39, 0.29) is 0 Å². The van der Waals surface area contributed by atoms with Crippen LogP contribution in [0.15, 0.2) is 53.2 Å². The highest BCUT2D eigenvalue weighted by atomic mass is 16.5. The normalized spacial score (nSPS) is 11.2. The van der Waals surface area contributed by atoms with Gasteiger partial charge in [-0.2, -0.15) is 0 Å². The van der Waals surface area contributed by atoms with Crippen LogP contribution in [0.4, 0.5) is 5.69 Å². The number of rotatable bonds is 4. The number of anilines is 1. The zero-order valence-corrected chi connectivity index (χ0v) is 13.0. The van der Waals surface area contributed by atoms with Gasteiger partial charge in [-0.3, -0.25) is 0 Å². The molecule has 0 unspecified atom stereocenters. The number of methoxy groups -OCH3 is 1. The van der Waals surface area contributed by atoms with Crippen LogP contribution in [0.1, 0.15) is 5.82 Å². The minimum Gasteiger partial charge on any atom is -0.495 e. The molecule has 5 heteroatoms. The fraction of sp³-hybridized carbons (Fsp3) is 0.167. The molecule has 2 heterocycles. The summed E-state index contributed by atoms with van der Waals surface area (Å²) in [7, 11) is 3.65. The van der Waals surface area contributed by atoms with E-state index in [4.69, 9.17) is 9.15 Å². The molecule has 0 saturated carbocycles. The summed E-state index contributed by atoms with van der Waals surface area (Å²) in [5, 5.41) is 5.53. The summed E-state index contributed by atoms with van der Waals surface area (Å²) < 4.78 is 13.5. The first-order valence-electron chi connectivity index (χ1n) is 7.45. The number of imidazole rings is 1. The maximum atomic E-state index is 5.94. The molecule has 4 aromatic rings. The van der Waals surface area contributed by atoms with Crippen molar-refractivity contribution < 1.29 is 9.15 Å². The predicted octanol–water partition coefficient (Wildman–Crippen LogP) is 3.94. The highest BCUT2D eigenvalue weighted by Gasteiger charge is 2.12. The molecule has 0 spiro atoms. The Balaban J connectivity index is 1.76. The second-order valence-electron chi connectivity index (χ2n) is 5.45. The molecule has 0 aliphatic carbocycles. The van der Waals surface area contributed by atoms with Crippen LogP contribution in [0.3, 0.4) is 0 Å². The van der Waals surface area contributed by atoms with Gasteiger partial charge in [0.05, 0.1) is 19.3 Å². The first-order valence-corrected chi connectivity index (χ1v) is 7.45. The van der Waals surface area contributed by atoms with E-state index in [0.29, 0.717) is 6.54 Å². The van der Waals surface area contributed by atoms with Crippen LogP contribution in [0.25, 0.3) is 21.9 Å². The maximum Gasteiger partial charge on any atom is 0.142 e. The Labute approximate surface area is 133 Å². The third-order valence-electron chi connectivity index (χ3n) is 4.06. The number of ether oxygens (including phenoxy) is 1. The van der Waals surface area contributed by atoms with Crippen LogP contribution < -0.4 is 10.1 Å². The Morgan fingerprint density at radius 1 is 1.17 bits per heavy atom. The number of para-hydroxylation sites is 1. The third-order valence-corrected chi connectivity index (χ3v) is 4.06. The Hall–Kier alpha value is -2.95. The molecule has 0 atom stereocenters. The topological polar surface area (TPSA) is 52.2 Å². The number of hydrogen-bond donors (Lipinski definition) is 1. The smallest absolute Gasteiger partial charge is 0.142 e. The summed E-state index contributed by atoms with van der Waals surface area (Å²) in [5.74, 6) is 1.75. The second kappa shape index (κ2) is 5.35. The first-order chi connectivity index (χ1) is 11.3. The highest BCUT2D eigenvalue weighted by molar-refractivity contribution is 6.06. The van der Waals surface area contributed by atoms with E-state index in [1.165, 1.54) is 0 Å². The largest absolute Gasteiger partial charge is 0.495 e. The summed E-state index contributed by atoms with van der Waals surface area (Å²) in [4.78, 5) is 4.32.